The Labute approximate surface area is 110 Å². The normalized spacial score (nSPS) is 12.3. The first-order valence-corrected chi connectivity index (χ1v) is 5.98. The Bertz CT molecular complexity index is 632. The molecule has 2 aromatic heterocycles. The van der Waals surface area contributed by atoms with Gasteiger partial charge in [-0.2, -0.15) is 4.68 Å². The monoisotopic (exact) mass is 255 g/mol. The van der Waals surface area contributed by atoms with Crippen molar-refractivity contribution in [3.63, 3.8) is 0 Å². The number of benzene rings is 1. The summed E-state index contributed by atoms with van der Waals surface area (Å²) in [5.41, 5.74) is 0.904. The highest BCUT2D eigenvalue weighted by Crippen LogP contribution is 2.19. The molecule has 6 nitrogen and oxygen atoms in total. The van der Waals surface area contributed by atoms with Crippen LogP contribution in [0.3, 0.4) is 0 Å². The average Bonchev–Trinajstić information content (AvgIpc) is 3.11. The highest BCUT2D eigenvalue weighted by molar-refractivity contribution is 5.39. The molecule has 0 saturated carbocycles. The average molecular weight is 255 g/mol. The van der Waals surface area contributed by atoms with E-state index >= 15 is 0 Å². The molecule has 1 atom stereocenters. The fourth-order valence-electron chi connectivity index (χ4n) is 1.82. The topological polar surface area (TPSA) is 68.8 Å². The molecule has 0 amide bonds. The van der Waals surface area contributed by atoms with Crippen LogP contribution in [0.5, 0.6) is 0 Å². The molecule has 0 unspecified atom stereocenters. The van der Waals surface area contributed by atoms with E-state index in [4.69, 9.17) is 4.42 Å². The minimum Gasteiger partial charge on any atom is -0.467 e. The number of hydrogen-bond donors (Lipinski definition) is 1. The van der Waals surface area contributed by atoms with E-state index in [-0.39, 0.29) is 6.04 Å². The highest BCUT2D eigenvalue weighted by atomic mass is 16.3. The van der Waals surface area contributed by atoms with Crippen LogP contribution in [0.2, 0.25) is 0 Å². The minimum atomic E-state index is -0.0107. The summed E-state index contributed by atoms with van der Waals surface area (Å²) in [7, 11) is 0. The molecule has 3 aromatic rings. The lowest BCUT2D eigenvalue weighted by Gasteiger charge is -2.11. The predicted octanol–water partition coefficient (Wildman–Crippen LogP) is 2.43. The van der Waals surface area contributed by atoms with Crippen LogP contribution in [-0.4, -0.2) is 20.2 Å². The summed E-state index contributed by atoms with van der Waals surface area (Å²) in [6, 6.07) is 13.5. The zero-order valence-corrected chi connectivity index (χ0v) is 10.4. The van der Waals surface area contributed by atoms with E-state index in [9.17, 15) is 0 Å². The second-order valence-corrected chi connectivity index (χ2v) is 4.13. The Balaban J connectivity index is 1.85. The van der Waals surface area contributed by atoms with Gasteiger partial charge in [0.2, 0.25) is 5.95 Å². The van der Waals surface area contributed by atoms with E-state index in [2.05, 4.69) is 20.8 Å². The van der Waals surface area contributed by atoms with Crippen molar-refractivity contribution < 1.29 is 4.42 Å². The summed E-state index contributed by atoms with van der Waals surface area (Å²) < 4.78 is 7.00. The maximum Gasteiger partial charge on any atom is 0.248 e. The standard InChI is InChI=1S/C13H13N5O/c1-10(12-8-5-9-19-12)14-13-15-16-17-18(13)11-6-3-2-4-7-11/h2-10H,1H3,(H,14,15,17)/t10-/m0/s1. The molecule has 96 valence electrons. The molecule has 0 spiro atoms. The van der Waals surface area contributed by atoms with Crippen LogP contribution in [0.1, 0.15) is 18.7 Å². The van der Waals surface area contributed by atoms with Gasteiger partial charge in [0.05, 0.1) is 18.0 Å². The lowest BCUT2D eigenvalue weighted by atomic mass is 10.2. The summed E-state index contributed by atoms with van der Waals surface area (Å²) in [6.07, 6.45) is 1.65. The van der Waals surface area contributed by atoms with Gasteiger partial charge in [-0.25, -0.2) is 0 Å². The van der Waals surface area contributed by atoms with E-state index in [1.807, 2.05) is 49.4 Å². The Morgan fingerprint density at radius 1 is 1.16 bits per heavy atom. The fourth-order valence-corrected chi connectivity index (χ4v) is 1.82. The zero-order valence-electron chi connectivity index (χ0n) is 10.4. The van der Waals surface area contributed by atoms with Crippen molar-refractivity contribution in [2.45, 2.75) is 13.0 Å². The molecule has 1 N–H and O–H groups in total. The van der Waals surface area contributed by atoms with E-state index in [0.29, 0.717) is 5.95 Å². The van der Waals surface area contributed by atoms with Gasteiger partial charge in [0.25, 0.3) is 0 Å². The SMILES string of the molecule is C[C@H](Nc1nnnn1-c1ccccc1)c1ccco1. The molecule has 0 saturated heterocycles. The Morgan fingerprint density at radius 2 is 2.00 bits per heavy atom. The van der Waals surface area contributed by atoms with Gasteiger partial charge in [0.1, 0.15) is 5.76 Å². The summed E-state index contributed by atoms with van der Waals surface area (Å²) >= 11 is 0. The third-order valence-electron chi connectivity index (χ3n) is 2.79. The maximum atomic E-state index is 5.35. The van der Waals surface area contributed by atoms with E-state index in [0.717, 1.165) is 11.4 Å². The number of rotatable bonds is 4. The molecule has 0 aliphatic heterocycles. The number of aromatic nitrogens is 4. The molecule has 0 aliphatic rings. The van der Waals surface area contributed by atoms with Crippen LogP contribution in [0.15, 0.2) is 53.1 Å². The molecule has 6 heteroatoms. The quantitative estimate of drug-likeness (QED) is 0.775. The van der Waals surface area contributed by atoms with Crippen LogP contribution in [0, 0.1) is 0 Å². The van der Waals surface area contributed by atoms with Crippen LogP contribution in [0.4, 0.5) is 5.95 Å². The number of nitrogens with zero attached hydrogens (tertiary/aromatic N) is 4. The van der Waals surface area contributed by atoms with Crippen molar-refractivity contribution >= 4 is 5.95 Å². The van der Waals surface area contributed by atoms with Crippen LogP contribution >= 0.6 is 0 Å². The van der Waals surface area contributed by atoms with Crippen molar-refractivity contribution in [3.05, 3.63) is 54.5 Å². The van der Waals surface area contributed by atoms with Crippen molar-refractivity contribution in [2.24, 2.45) is 0 Å². The van der Waals surface area contributed by atoms with E-state index < -0.39 is 0 Å². The molecule has 0 radical (unpaired) electrons. The lowest BCUT2D eigenvalue weighted by Crippen LogP contribution is -2.11. The third kappa shape index (κ3) is 2.33. The fraction of sp³-hybridized carbons (Fsp3) is 0.154. The molecule has 0 aliphatic carbocycles. The Kier molecular flexibility index (Phi) is 2.97. The molecule has 2 heterocycles. The van der Waals surface area contributed by atoms with Gasteiger partial charge >= 0.3 is 0 Å². The predicted molar refractivity (Wildman–Crippen MR) is 69.9 cm³/mol. The molecular formula is C13H13N5O. The van der Waals surface area contributed by atoms with Gasteiger partial charge in [-0.3, -0.25) is 0 Å². The van der Waals surface area contributed by atoms with Gasteiger partial charge in [-0.05, 0) is 41.6 Å². The molecule has 0 bridgehead atoms. The maximum absolute atomic E-state index is 5.35. The van der Waals surface area contributed by atoms with Gasteiger partial charge in [0.15, 0.2) is 0 Å². The van der Waals surface area contributed by atoms with Gasteiger partial charge in [-0.1, -0.05) is 23.3 Å². The number of hydrogen-bond acceptors (Lipinski definition) is 5. The highest BCUT2D eigenvalue weighted by Gasteiger charge is 2.13. The summed E-state index contributed by atoms with van der Waals surface area (Å²) in [5.74, 6) is 1.41. The molecule has 19 heavy (non-hydrogen) atoms. The van der Waals surface area contributed by atoms with Gasteiger partial charge in [-0.15, -0.1) is 0 Å². The first kappa shape index (κ1) is 11.5. The molecule has 0 fully saturated rings. The van der Waals surface area contributed by atoms with Gasteiger partial charge in [0, 0.05) is 0 Å². The van der Waals surface area contributed by atoms with Crippen LogP contribution < -0.4 is 5.32 Å². The van der Waals surface area contributed by atoms with E-state index in [1.54, 1.807) is 10.9 Å². The summed E-state index contributed by atoms with van der Waals surface area (Å²) in [6.45, 7) is 1.99. The molecule has 3 rings (SSSR count). The van der Waals surface area contributed by atoms with Crippen molar-refractivity contribution in [2.75, 3.05) is 5.32 Å². The van der Waals surface area contributed by atoms with E-state index in [1.165, 1.54) is 0 Å². The number of furan rings is 1. The Morgan fingerprint density at radius 3 is 2.74 bits per heavy atom. The smallest absolute Gasteiger partial charge is 0.248 e. The number of nitrogens with one attached hydrogen (secondary N) is 1. The van der Waals surface area contributed by atoms with Crippen molar-refractivity contribution in [3.8, 4) is 5.69 Å². The number of para-hydroxylation sites is 1. The first-order valence-electron chi connectivity index (χ1n) is 5.98. The zero-order chi connectivity index (χ0) is 13.1. The first-order chi connectivity index (χ1) is 9.34. The third-order valence-corrected chi connectivity index (χ3v) is 2.79. The number of anilines is 1. The Hall–Kier alpha value is -2.63. The molecule has 1 aromatic carbocycles. The number of tetrazole rings is 1. The van der Waals surface area contributed by atoms with Gasteiger partial charge < -0.3 is 9.73 Å². The van der Waals surface area contributed by atoms with Crippen molar-refractivity contribution in [1.82, 2.24) is 20.2 Å². The second kappa shape index (κ2) is 4.93. The van der Waals surface area contributed by atoms with Crippen LogP contribution in [0.25, 0.3) is 5.69 Å². The second-order valence-electron chi connectivity index (χ2n) is 4.13. The largest absolute Gasteiger partial charge is 0.467 e. The minimum absolute atomic E-state index is 0.0107. The lowest BCUT2D eigenvalue weighted by molar-refractivity contribution is 0.489. The van der Waals surface area contributed by atoms with Crippen LogP contribution in [-0.2, 0) is 0 Å². The van der Waals surface area contributed by atoms with Crippen molar-refractivity contribution in [1.29, 1.82) is 0 Å². The summed E-state index contributed by atoms with van der Waals surface area (Å²) in [5, 5.41) is 14.9. The molecular weight excluding hydrogens is 242 g/mol. The summed E-state index contributed by atoms with van der Waals surface area (Å²) in [4.78, 5) is 0.